The maximum Gasteiger partial charge on any atom is 0.306 e. The SMILES string of the molecule is CC/C=C\C/C=C\C/C=C\C/C=C\C/C=C\CCCCCCCCCCCCCCCC(=O)OCC(COC(=O)CCCCCCC/C=C\CCCCC)OC(=O)CCCCCCCCCCCCCCCCCCCCC. The Hall–Kier alpha value is -3.15. The summed E-state index contributed by atoms with van der Waals surface area (Å²) in [5.74, 6) is -0.864. The number of ether oxygens (including phenoxy) is 3. The smallest absolute Gasteiger partial charge is 0.306 e. The van der Waals surface area contributed by atoms with E-state index in [1.807, 2.05) is 0 Å². The van der Waals surface area contributed by atoms with Crippen molar-refractivity contribution in [3.05, 3.63) is 72.9 Å². The highest BCUT2D eigenvalue weighted by Gasteiger charge is 2.19. The monoisotopic (exact) mass is 1090 g/mol. The van der Waals surface area contributed by atoms with Gasteiger partial charge in [-0.3, -0.25) is 14.4 Å². The fourth-order valence-corrected chi connectivity index (χ4v) is 9.88. The normalized spacial score (nSPS) is 12.5. The average Bonchev–Trinajstić information content (AvgIpc) is 3.44. The zero-order chi connectivity index (χ0) is 56.4. The lowest BCUT2D eigenvalue weighted by molar-refractivity contribution is -0.167. The van der Waals surface area contributed by atoms with Crippen molar-refractivity contribution >= 4 is 17.9 Å². The molecule has 0 spiro atoms. The number of allylic oxidation sites excluding steroid dienone is 12. The van der Waals surface area contributed by atoms with Crippen LogP contribution in [0.4, 0.5) is 0 Å². The molecule has 6 nitrogen and oxygen atoms in total. The van der Waals surface area contributed by atoms with Gasteiger partial charge in [-0.15, -0.1) is 0 Å². The van der Waals surface area contributed by atoms with Crippen LogP contribution in [0.5, 0.6) is 0 Å². The minimum Gasteiger partial charge on any atom is -0.462 e. The number of esters is 3. The molecule has 0 aromatic rings. The number of hydrogen-bond acceptors (Lipinski definition) is 6. The summed E-state index contributed by atoms with van der Waals surface area (Å²) in [6.45, 7) is 6.55. The summed E-state index contributed by atoms with van der Waals surface area (Å²) >= 11 is 0. The van der Waals surface area contributed by atoms with Crippen LogP contribution in [0.2, 0.25) is 0 Å². The lowest BCUT2D eigenvalue weighted by atomic mass is 10.0. The summed E-state index contributed by atoms with van der Waals surface area (Å²) in [6, 6.07) is 0. The van der Waals surface area contributed by atoms with Gasteiger partial charge in [0, 0.05) is 19.3 Å². The van der Waals surface area contributed by atoms with E-state index in [1.165, 1.54) is 212 Å². The zero-order valence-electron chi connectivity index (χ0n) is 51.9. The Balaban J connectivity index is 4.22. The van der Waals surface area contributed by atoms with E-state index in [4.69, 9.17) is 14.2 Å². The van der Waals surface area contributed by atoms with E-state index >= 15 is 0 Å². The second-order valence-corrected chi connectivity index (χ2v) is 22.7. The minimum absolute atomic E-state index is 0.0742. The molecular formula is C72H128O6. The van der Waals surface area contributed by atoms with Gasteiger partial charge in [-0.2, -0.15) is 0 Å². The third-order valence-electron chi connectivity index (χ3n) is 14.9. The average molecular weight is 1090 g/mol. The summed E-state index contributed by atoms with van der Waals surface area (Å²) < 4.78 is 16.9. The fraction of sp³-hybridized carbons (Fsp3) is 0.792. The molecule has 0 aliphatic rings. The molecule has 0 N–H and O–H groups in total. The number of carbonyl (C=O) groups is 3. The highest BCUT2D eigenvalue weighted by molar-refractivity contribution is 5.71. The first kappa shape index (κ1) is 74.8. The number of unbranched alkanes of at least 4 members (excludes halogenated alkanes) is 39. The molecule has 1 atom stereocenters. The maximum absolute atomic E-state index is 12.9. The summed E-state index contributed by atoms with van der Waals surface area (Å²) in [4.78, 5) is 38.3. The molecule has 0 aromatic heterocycles. The first-order valence-electron chi connectivity index (χ1n) is 33.9. The number of carbonyl (C=O) groups excluding carboxylic acids is 3. The molecule has 0 rings (SSSR count). The van der Waals surface area contributed by atoms with Crippen LogP contribution < -0.4 is 0 Å². The van der Waals surface area contributed by atoms with Crippen molar-refractivity contribution in [2.24, 2.45) is 0 Å². The molecule has 0 fully saturated rings. The van der Waals surface area contributed by atoms with Gasteiger partial charge in [0.2, 0.25) is 0 Å². The molecule has 6 heteroatoms. The topological polar surface area (TPSA) is 78.9 Å². The fourth-order valence-electron chi connectivity index (χ4n) is 9.88. The van der Waals surface area contributed by atoms with E-state index in [1.54, 1.807) is 0 Å². The Morgan fingerprint density at radius 3 is 0.821 bits per heavy atom. The molecule has 0 bridgehead atoms. The highest BCUT2D eigenvalue weighted by Crippen LogP contribution is 2.18. The van der Waals surface area contributed by atoms with E-state index in [0.29, 0.717) is 19.3 Å². The van der Waals surface area contributed by atoms with E-state index in [0.717, 1.165) is 96.3 Å². The van der Waals surface area contributed by atoms with Gasteiger partial charge in [-0.25, -0.2) is 0 Å². The van der Waals surface area contributed by atoms with Crippen molar-refractivity contribution in [1.29, 1.82) is 0 Å². The Bertz CT molecular complexity index is 1440. The van der Waals surface area contributed by atoms with Crippen molar-refractivity contribution < 1.29 is 28.6 Å². The van der Waals surface area contributed by atoms with Crippen LogP contribution in [0.25, 0.3) is 0 Å². The molecule has 0 saturated heterocycles. The largest absolute Gasteiger partial charge is 0.462 e. The Kier molecular flexibility index (Phi) is 63.7. The maximum atomic E-state index is 12.9. The lowest BCUT2D eigenvalue weighted by Gasteiger charge is -2.18. The number of rotatable bonds is 62. The predicted octanol–water partition coefficient (Wildman–Crippen LogP) is 23.3. The number of hydrogen-bond donors (Lipinski definition) is 0. The molecule has 0 radical (unpaired) electrons. The van der Waals surface area contributed by atoms with Gasteiger partial charge < -0.3 is 14.2 Å². The third-order valence-corrected chi connectivity index (χ3v) is 14.9. The van der Waals surface area contributed by atoms with Gasteiger partial charge in [0.1, 0.15) is 13.2 Å². The van der Waals surface area contributed by atoms with Crippen LogP contribution in [0, 0.1) is 0 Å². The van der Waals surface area contributed by atoms with Gasteiger partial charge in [0.25, 0.3) is 0 Å². The quantitative estimate of drug-likeness (QED) is 0.0261. The van der Waals surface area contributed by atoms with Crippen molar-refractivity contribution in [2.75, 3.05) is 13.2 Å². The van der Waals surface area contributed by atoms with Crippen LogP contribution in [0.15, 0.2) is 72.9 Å². The molecule has 0 saturated carbocycles. The van der Waals surface area contributed by atoms with Crippen LogP contribution >= 0.6 is 0 Å². The summed E-state index contributed by atoms with van der Waals surface area (Å²) in [5.41, 5.74) is 0. The summed E-state index contributed by atoms with van der Waals surface area (Å²) in [5, 5.41) is 0. The molecular weight excluding hydrogens is 961 g/mol. The van der Waals surface area contributed by atoms with E-state index in [9.17, 15) is 14.4 Å². The van der Waals surface area contributed by atoms with Gasteiger partial charge in [0.05, 0.1) is 0 Å². The van der Waals surface area contributed by atoms with Crippen LogP contribution in [-0.4, -0.2) is 37.2 Å². The van der Waals surface area contributed by atoms with Crippen molar-refractivity contribution in [3.8, 4) is 0 Å². The third kappa shape index (κ3) is 63.7. The van der Waals surface area contributed by atoms with Crippen LogP contribution in [-0.2, 0) is 28.6 Å². The summed E-state index contributed by atoms with van der Waals surface area (Å²) in [7, 11) is 0. The molecule has 0 aliphatic carbocycles. The molecule has 0 amide bonds. The highest BCUT2D eigenvalue weighted by atomic mass is 16.6. The van der Waals surface area contributed by atoms with E-state index in [2.05, 4.69) is 93.7 Å². The van der Waals surface area contributed by atoms with Gasteiger partial charge in [-0.1, -0.05) is 312 Å². The summed E-state index contributed by atoms with van der Waals surface area (Å²) in [6.07, 6.45) is 86.4. The van der Waals surface area contributed by atoms with E-state index in [-0.39, 0.29) is 31.1 Å². The van der Waals surface area contributed by atoms with E-state index < -0.39 is 6.10 Å². The first-order chi connectivity index (χ1) is 38.5. The first-order valence-corrected chi connectivity index (χ1v) is 33.9. The van der Waals surface area contributed by atoms with Gasteiger partial charge >= 0.3 is 17.9 Å². The van der Waals surface area contributed by atoms with Gasteiger partial charge in [0.15, 0.2) is 6.10 Å². The lowest BCUT2D eigenvalue weighted by Crippen LogP contribution is -2.30. The van der Waals surface area contributed by atoms with Crippen LogP contribution in [0.1, 0.15) is 348 Å². The molecule has 78 heavy (non-hydrogen) atoms. The zero-order valence-corrected chi connectivity index (χ0v) is 51.9. The molecule has 1 unspecified atom stereocenters. The molecule has 0 aromatic carbocycles. The molecule has 0 heterocycles. The second kappa shape index (κ2) is 66.4. The molecule has 452 valence electrons. The molecule has 0 aliphatic heterocycles. The Labute approximate surface area is 484 Å². The Morgan fingerprint density at radius 2 is 0.500 bits per heavy atom. The van der Waals surface area contributed by atoms with Gasteiger partial charge in [-0.05, 0) is 89.9 Å². The second-order valence-electron chi connectivity index (χ2n) is 22.7. The van der Waals surface area contributed by atoms with Crippen molar-refractivity contribution in [1.82, 2.24) is 0 Å². The minimum atomic E-state index is -0.777. The standard InChI is InChI=1S/C72H128O6/c1-4-7-10-13-16-19-22-25-27-29-31-32-33-34-35-36-37-38-39-40-42-43-45-47-50-53-56-59-62-65-71(74)77-68-69(67-76-70(73)64-61-58-55-52-49-24-21-18-15-12-9-6-3)78-72(75)66-63-60-57-54-51-48-46-44-41-30-28-26-23-20-17-14-11-8-5-2/h7,10,16,18-19,21,25,27,31-32,34-35,69H,4-6,8-9,11-15,17,20,22-24,26,28-30,33,36-68H2,1-3H3/b10-7-,19-16-,21-18-,27-25-,32-31-,35-34-. The Morgan fingerprint density at radius 1 is 0.269 bits per heavy atom. The predicted molar refractivity (Wildman–Crippen MR) is 339 cm³/mol. The van der Waals surface area contributed by atoms with Crippen molar-refractivity contribution in [2.45, 2.75) is 354 Å². The van der Waals surface area contributed by atoms with Crippen LogP contribution in [0.3, 0.4) is 0 Å². The van der Waals surface area contributed by atoms with Crippen molar-refractivity contribution in [3.63, 3.8) is 0 Å².